The summed E-state index contributed by atoms with van der Waals surface area (Å²) in [6, 6.07) is 15.7. The maximum atomic E-state index is 10.4. The van der Waals surface area contributed by atoms with Crippen LogP contribution in [0.3, 0.4) is 0 Å². The average molecular weight is 489 g/mol. The van der Waals surface area contributed by atoms with Crippen LogP contribution in [0.5, 0.6) is 5.75 Å². The Morgan fingerprint density at radius 1 is 1.14 bits per heavy atom. The average Bonchev–Trinajstić information content (AvgIpc) is 2.88. The number of carbonyl (C=O) groups is 1. The maximum absolute atomic E-state index is 10.4. The van der Waals surface area contributed by atoms with Crippen molar-refractivity contribution >= 4 is 5.97 Å². The number of terminal acetylenes is 1. The zero-order chi connectivity index (χ0) is 26.5. The normalized spacial score (nSPS) is 10.7. The van der Waals surface area contributed by atoms with Crippen molar-refractivity contribution in [2.24, 2.45) is 0 Å². The van der Waals surface area contributed by atoms with Gasteiger partial charge in [-0.3, -0.25) is 9.69 Å². The molecule has 3 N–H and O–H groups in total. The molecule has 2 aromatic carbocycles. The number of methoxy groups -OCH3 is 2. The van der Waals surface area contributed by atoms with Crippen LogP contribution in [0, 0.1) is 12.3 Å². The maximum Gasteiger partial charge on any atom is 0.319 e. The number of carbonyl (C=O) groups excluding carboxylic acids is 1. The van der Waals surface area contributed by atoms with Gasteiger partial charge in [0.15, 0.2) is 0 Å². The Morgan fingerprint density at radius 2 is 1.83 bits per heavy atom. The van der Waals surface area contributed by atoms with Crippen molar-refractivity contribution < 1.29 is 29.2 Å². The van der Waals surface area contributed by atoms with Gasteiger partial charge in [0.05, 0.1) is 46.1 Å². The van der Waals surface area contributed by atoms with Gasteiger partial charge >= 0.3 is 5.97 Å². The van der Waals surface area contributed by atoms with Crippen molar-refractivity contribution in [1.82, 2.24) is 10.2 Å². The van der Waals surface area contributed by atoms with Gasteiger partial charge in [0.1, 0.15) is 5.75 Å². The van der Waals surface area contributed by atoms with E-state index >= 15 is 0 Å². The Morgan fingerprint density at radius 3 is 2.34 bits per heavy atom. The second kappa shape index (κ2) is 20.4. The number of benzene rings is 2. The molecule has 8 nitrogen and oxygen atoms in total. The molecule has 2 aromatic rings. The van der Waals surface area contributed by atoms with Gasteiger partial charge in [-0.15, -0.1) is 6.42 Å². The summed E-state index contributed by atoms with van der Waals surface area (Å²) in [6.07, 6.45) is 5.58. The molecule has 0 aliphatic heterocycles. The SMILES string of the molecule is C#CCN(Cc1ccc(OC)cc1COC)C(CO)c1ccccc1.CCOC(=O)CNC.CO. The highest BCUT2D eigenvalue weighted by atomic mass is 16.5. The number of hydrogen-bond acceptors (Lipinski definition) is 8. The number of aliphatic hydroxyl groups excluding tert-OH is 2. The van der Waals surface area contributed by atoms with E-state index in [4.69, 9.17) is 21.0 Å². The molecule has 0 aliphatic rings. The Kier molecular flexibility index (Phi) is 18.7. The van der Waals surface area contributed by atoms with E-state index < -0.39 is 0 Å². The predicted octanol–water partition coefficient (Wildman–Crippen LogP) is 2.39. The molecular weight excluding hydrogens is 448 g/mol. The zero-order valence-corrected chi connectivity index (χ0v) is 21.5. The molecule has 194 valence electrons. The van der Waals surface area contributed by atoms with Crippen LogP contribution in [0.15, 0.2) is 48.5 Å². The minimum Gasteiger partial charge on any atom is -0.497 e. The van der Waals surface area contributed by atoms with E-state index in [1.54, 1.807) is 28.2 Å². The number of rotatable bonds is 12. The van der Waals surface area contributed by atoms with Crippen molar-refractivity contribution in [2.45, 2.75) is 26.1 Å². The minimum atomic E-state index is -0.199. The topological polar surface area (TPSA) is 100 Å². The van der Waals surface area contributed by atoms with Gasteiger partial charge in [-0.1, -0.05) is 42.3 Å². The zero-order valence-electron chi connectivity index (χ0n) is 21.5. The summed E-state index contributed by atoms with van der Waals surface area (Å²) in [5, 5.41) is 19.6. The summed E-state index contributed by atoms with van der Waals surface area (Å²) in [7, 11) is 6.02. The smallest absolute Gasteiger partial charge is 0.319 e. The van der Waals surface area contributed by atoms with E-state index in [0.717, 1.165) is 29.5 Å². The molecule has 0 aliphatic carbocycles. The molecule has 0 heterocycles. The fourth-order valence-corrected chi connectivity index (χ4v) is 3.25. The number of nitrogens with zero attached hydrogens (tertiary/aromatic N) is 1. The lowest BCUT2D eigenvalue weighted by atomic mass is 10.0. The van der Waals surface area contributed by atoms with Crippen LogP contribution < -0.4 is 10.1 Å². The van der Waals surface area contributed by atoms with Crippen molar-refractivity contribution in [3.63, 3.8) is 0 Å². The molecule has 0 saturated carbocycles. The number of hydrogen-bond donors (Lipinski definition) is 3. The molecule has 1 unspecified atom stereocenters. The molecular formula is C27H40N2O6. The summed E-state index contributed by atoms with van der Waals surface area (Å²) in [4.78, 5) is 12.5. The third kappa shape index (κ3) is 12.4. The number of nitrogens with one attached hydrogen (secondary N) is 1. The fourth-order valence-electron chi connectivity index (χ4n) is 3.25. The second-order valence-corrected chi connectivity index (χ2v) is 7.12. The first kappa shape index (κ1) is 32.1. The minimum absolute atomic E-state index is 0.00145. The van der Waals surface area contributed by atoms with E-state index in [-0.39, 0.29) is 18.6 Å². The van der Waals surface area contributed by atoms with Crippen molar-refractivity contribution in [3.8, 4) is 18.1 Å². The lowest BCUT2D eigenvalue weighted by molar-refractivity contribution is -0.141. The highest BCUT2D eigenvalue weighted by molar-refractivity contribution is 5.71. The Balaban J connectivity index is 0.000000982. The first-order chi connectivity index (χ1) is 17.0. The highest BCUT2D eigenvalue weighted by Crippen LogP contribution is 2.25. The molecule has 0 bridgehead atoms. The number of ether oxygens (including phenoxy) is 3. The molecule has 2 rings (SSSR count). The van der Waals surface area contributed by atoms with Gasteiger partial charge in [-0.25, -0.2) is 0 Å². The molecule has 8 heteroatoms. The molecule has 35 heavy (non-hydrogen) atoms. The lowest BCUT2D eigenvalue weighted by Gasteiger charge is -2.30. The van der Waals surface area contributed by atoms with Gasteiger partial charge in [-0.05, 0) is 42.8 Å². The van der Waals surface area contributed by atoms with E-state index in [9.17, 15) is 9.90 Å². The quantitative estimate of drug-likeness (QED) is 0.309. The standard InChI is InChI=1S/C21H25NO3.C5H11NO2.CH4O/c1-4-12-22(21(15-23)17-8-6-5-7-9-17)14-18-10-11-20(25-3)13-19(18)16-24-2;1-3-8-5(7)4-6-2;1-2/h1,5-11,13,21,23H,12,14-16H2,2-3H3;6H,3-4H2,1-2H3;2H,1H3. The largest absolute Gasteiger partial charge is 0.497 e. The van der Waals surface area contributed by atoms with Crippen LogP contribution in [-0.4, -0.2) is 75.8 Å². The van der Waals surface area contributed by atoms with E-state index in [2.05, 4.69) is 20.9 Å². The number of likely N-dealkylation sites (N-methyl/N-ethyl adjacent to an activating group) is 1. The van der Waals surface area contributed by atoms with Crippen molar-refractivity contribution in [1.29, 1.82) is 0 Å². The summed E-state index contributed by atoms with van der Waals surface area (Å²) in [5.41, 5.74) is 3.20. The van der Waals surface area contributed by atoms with Gasteiger partial charge in [0, 0.05) is 20.8 Å². The van der Waals surface area contributed by atoms with Crippen molar-refractivity contribution in [2.75, 3.05) is 54.7 Å². The third-order valence-electron chi connectivity index (χ3n) is 4.81. The van der Waals surface area contributed by atoms with E-state index in [1.807, 2.05) is 48.5 Å². The lowest BCUT2D eigenvalue weighted by Crippen LogP contribution is -2.31. The molecule has 0 radical (unpaired) electrons. The van der Waals surface area contributed by atoms with E-state index in [1.165, 1.54) is 0 Å². The first-order valence-corrected chi connectivity index (χ1v) is 11.3. The monoisotopic (exact) mass is 488 g/mol. The molecule has 0 saturated heterocycles. The van der Waals surface area contributed by atoms with Gasteiger partial charge in [-0.2, -0.15) is 0 Å². The highest BCUT2D eigenvalue weighted by Gasteiger charge is 2.20. The third-order valence-corrected chi connectivity index (χ3v) is 4.81. The molecule has 0 aromatic heterocycles. The molecule has 0 spiro atoms. The molecule has 0 fully saturated rings. The summed E-state index contributed by atoms with van der Waals surface area (Å²) in [5.74, 6) is 3.30. The molecule has 0 amide bonds. The Labute approximate surface area is 209 Å². The van der Waals surface area contributed by atoms with Crippen LogP contribution in [0.1, 0.15) is 29.7 Å². The predicted molar refractivity (Wildman–Crippen MR) is 138 cm³/mol. The summed E-state index contributed by atoms with van der Waals surface area (Å²) in [6.45, 7) is 4.10. The first-order valence-electron chi connectivity index (χ1n) is 11.3. The molecule has 1 atom stereocenters. The summed E-state index contributed by atoms with van der Waals surface area (Å²) < 4.78 is 15.2. The second-order valence-electron chi connectivity index (χ2n) is 7.12. The van der Waals surface area contributed by atoms with Crippen LogP contribution in [-0.2, 0) is 27.4 Å². The van der Waals surface area contributed by atoms with E-state index in [0.29, 0.717) is 32.8 Å². The van der Waals surface area contributed by atoms with Gasteiger partial charge < -0.3 is 29.7 Å². The van der Waals surface area contributed by atoms with Crippen molar-refractivity contribution in [3.05, 3.63) is 65.2 Å². The fraction of sp³-hybridized carbons (Fsp3) is 0.444. The number of aliphatic hydroxyl groups is 2. The van der Waals surface area contributed by atoms with Crippen LogP contribution in [0.4, 0.5) is 0 Å². The van der Waals surface area contributed by atoms with Crippen LogP contribution in [0.2, 0.25) is 0 Å². The van der Waals surface area contributed by atoms with Gasteiger partial charge in [0.25, 0.3) is 0 Å². The van der Waals surface area contributed by atoms with Gasteiger partial charge in [0.2, 0.25) is 0 Å². The van der Waals surface area contributed by atoms with Crippen LogP contribution in [0.25, 0.3) is 0 Å². The summed E-state index contributed by atoms with van der Waals surface area (Å²) >= 11 is 0. The van der Waals surface area contributed by atoms with Crippen LogP contribution >= 0.6 is 0 Å². The Bertz CT molecular complexity index is 846. The Hall–Kier alpha value is -2.93. The number of esters is 1.